The molecule has 0 spiro atoms. The van der Waals surface area contributed by atoms with Gasteiger partial charge in [-0.1, -0.05) is 42.5 Å². The van der Waals surface area contributed by atoms with Gasteiger partial charge in [0.1, 0.15) is 0 Å². The predicted molar refractivity (Wildman–Crippen MR) is 106 cm³/mol. The van der Waals surface area contributed by atoms with Crippen LogP contribution in [0.4, 0.5) is 13.2 Å². The van der Waals surface area contributed by atoms with E-state index in [9.17, 15) is 18.0 Å². The van der Waals surface area contributed by atoms with Crippen LogP contribution in [0.5, 0.6) is 0 Å². The first-order chi connectivity index (χ1) is 13.8. The number of rotatable bonds is 4. The maximum absolute atomic E-state index is 13.1. The maximum Gasteiger partial charge on any atom is 0.416 e. The molecule has 0 fully saturated rings. The fourth-order valence-corrected chi connectivity index (χ4v) is 3.37. The van der Waals surface area contributed by atoms with Gasteiger partial charge in [0.05, 0.1) is 23.4 Å². The van der Waals surface area contributed by atoms with E-state index in [-0.39, 0.29) is 12.1 Å². The second-order valence-corrected chi connectivity index (χ2v) is 7.01. The number of aromatic nitrogens is 2. The van der Waals surface area contributed by atoms with Crippen molar-refractivity contribution < 1.29 is 18.0 Å². The van der Waals surface area contributed by atoms with Crippen molar-refractivity contribution in [3.05, 3.63) is 84.1 Å². The van der Waals surface area contributed by atoms with Crippen LogP contribution in [0, 0.1) is 0 Å². The van der Waals surface area contributed by atoms with E-state index in [1.165, 1.54) is 16.8 Å². The molecule has 4 aromatic rings. The number of benzene rings is 3. The lowest BCUT2D eigenvalue weighted by atomic mass is 10.0. The van der Waals surface area contributed by atoms with E-state index in [1.54, 1.807) is 6.20 Å². The van der Waals surface area contributed by atoms with Gasteiger partial charge in [-0.25, -0.2) is 4.68 Å². The molecule has 29 heavy (non-hydrogen) atoms. The second-order valence-electron chi connectivity index (χ2n) is 6.59. The van der Waals surface area contributed by atoms with Crippen molar-refractivity contribution in [1.29, 1.82) is 0 Å². The van der Waals surface area contributed by atoms with Gasteiger partial charge < -0.3 is 0 Å². The summed E-state index contributed by atoms with van der Waals surface area (Å²) in [4.78, 5) is 11.5. The molecule has 0 aliphatic heterocycles. The molecule has 0 bridgehead atoms. The smallest absolute Gasteiger partial charge is 0.281 e. The topological polar surface area (TPSA) is 34.9 Å². The lowest BCUT2D eigenvalue weighted by Gasteiger charge is -2.08. The Bertz CT molecular complexity index is 1210. The molecule has 3 nitrogen and oxygen atoms in total. The molecule has 0 aliphatic rings. The lowest BCUT2D eigenvalue weighted by Crippen LogP contribution is -2.06. The average Bonchev–Trinajstić information content (AvgIpc) is 3.10. The number of carbonyl (C=O) groups excluding carboxylic acids is 1. The zero-order valence-electron chi connectivity index (χ0n) is 14.9. The van der Waals surface area contributed by atoms with E-state index >= 15 is 0 Å². The minimum Gasteiger partial charge on any atom is -0.281 e. The van der Waals surface area contributed by atoms with Gasteiger partial charge in [0.2, 0.25) is 5.24 Å². The molecule has 1 heterocycles. The Balaban J connectivity index is 1.84. The van der Waals surface area contributed by atoms with Crippen LogP contribution in [0.15, 0.2) is 72.9 Å². The quantitative estimate of drug-likeness (QED) is 0.383. The van der Waals surface area contributed by atoms with Crippen molar-refractivity contribution in [1.82, 2.24) is 9.78 Å². The predicted octanol–water partition coefficient (Wildman–Crippen LogP) is 6.02. The summed E-state index contributed by atoms with van der Waals surface area (Å²) < 4.78 is 40.5. The van der Waals surface area contributed by atoms with Gasteiger partial charge in [0.25, 0.3) is 0 Å². The van der Waals surface area contributed by atoms with Gasteiger partial charge in [-0.2, -0.15) is 18.3 Å². The highest BCUT2D eigenvalue weighted by atomic mass is 35.5. The van der Waals surface area contributed by atoms with Crippen LogP contribution in [0.3, 0.4) is 0 Å². The molecule has 3 aromatic carbocycles. The lowest BCUT2D eigenvalue weighted by molar-refractivity contribution is -0.137. The maximum atomic E-state index is 13.1. The summed E-state index contributed by atoms with van der Waals surface area (Å²) in [7, 11) is 0. The largest absolute Gasteiger partial charge is 0.416 e. The number of halogens is 4. The molecule has 7 heteroatoms. The number of nitrogens with zero attached hydrogens (tertiary/aromatic N) is 2. The Morgan fingerprint density at radius 2 is 1.72 bits per heavy atom. The highest BCUT2D eigenvalue weighted by Gasteiger charge is 2.30. The van der Waals surface area contributed by atoms with E-state index in [0.29, 0.717) is 11.3 Å². The molecule has 0 aliphatic carbocycles. The van der Waals surface area contributed by atoms with E-state index in [0.717, 1.165) is 28.5 Å². The SMILES string of the molecule is O=C(Cl)Cc1cn(-c2cccc(C(F)(F)F)c2)nc1-c1ccc2ccccc2c1. The summed E-state index contributed by atoms with van der Waals surface area (Å²) in [6.45, 7) is 0. The van der Waals surface area contributed by atoms with Crippen molar-refractivity contribution in [3.8, 4) is 16.9 Å². The van der Waals surface area contributed by atoms with Crippen LogP contribution in [0.25, 0.3) is 27.7 Å². The van der Waals surface area contributed by atoms with Crippen LogP contribution in [-0.2, 0) is 17.4 Å². The first kappa shape index (κ1) is 19.2. The van der Waals surface area contributed by atoms with Gasteiger partial charge in [-0.3, -0.25) is 4.79 Å². The van der Waals surface area contributed by atoms with Crippen molar-refractivity contribution >= 4 is 27.6 Å². The Morgan fingerprint density at radius 3 is 2.45 bits per heavy atom. The summed E-state index contributed by atoms with van der Waals surface area (Å²) in [5.74, 6) is 0. The van der Waals surface area contributed by atoms with Crippen molar-refractivity contribution in [2.24, 2.45) is 0 Å². The van der Waals surface area contributed by atoms with Crippen molar-refractivity contribution in [2.45, 2.75) is 12.6 Å². The summed E-state index contributed by atoms with van der Waals surface area (Å²) in [6, 6.07) is 18.4. The van der Waals surface area contributed by atoms with Crippen LogP contribution in [0.2, 0.25) is 0 Å². The Morgan fingerprint density at radius 1 is 0.966 bits per heavy atom. The van der Waals surface area contributed by atoms with Gasteiger partial charge in [0, 0.05) is 17.3 Å². The second kappa shape index (κ2) is 7.37. The minimum absolute atomic E-state index is 0.0807. The molecule has 146 valence electrons. The molecule has 4 rings (SSSR count). The molecule has 1 aromatic heterocycles. The number of fused-ring (bicyclic) bond motifs is 1. The summed E-state index contributed by atoms with van der Waals surface area (Å²) in [6.07, 6.45) is -3.00. The first-order valence-electron chi connectivity index (χ1n) is 8.75. The van der Waals surface area contributed by atoms with E-state index in [1.807, 2.05) is 42.5 Å². The molecule has 0 N–H and O–H groups in total. The summed E-state index contributed by atoms with van der Waals surface area (Å²) in [5, 5.41) is 5.93. The van der Waals surface area contributed by atoms with E-state index in [2.05, 4.69) is 5.10 Å². The van der Waals surface area contributed by atoms with Crippen LogP contribution in [0.1, 0.15) is 11.1 Å². The molecule has 0 atom stereocenters. The van der Waals surface area contributed by atoms with Crippen LogP contribution < -0.4 is 0 Å². The third-order valence-electron chi connectivity index (χ3n) is 4.58. The molecular weight excluding hydrogens is 401 g/mol. The van der Waals surface area contributed by atoms with Gasteiger partial charge in [0.15, 0.2) is 0 Å². The third kappa shape index (κ3) is 4.03. The standard InChI is InChI=1S/C22H14ClF3N2O/c23-20(29)11-17-13-28(19-7-3-6-18(12-19)22(24,25)26)27-21(17)16-9-8-14-4-1-2-5-15(14)10-16/h1-10,12-13H,11H2. The minimum atomic E-state index is -4.46. The van der Waals surface area contributed by atoms with Gasteiger partial charge in [-0.15, -0.1) is 0 Å². The molecular formula is C22H14ClF3N2O. The monoisotopic (exact) mass is 414 g/mol. The van der Waals surface area contributed by atoms with Crippen molar-refractivity contribution in [2.75, 3.05) is 0 Å². The number of hydrogen-bond donors (Lipinski definition) is 0. The summed E-state index contributed by atoms with van der Waals surface area (Å²) in [5.41, 5.74) is 1.27. The molecule has 0 amide bonds. The van der Waals surface area contributed by atoms with Crippen LogP contribution >= 0.6 is 11.6 Å². The third-order valence-corrected chi connectivity index (χ3v) is 4.71. The van der Waals surface area contributed by atoms with E-state index in [4.69, 9.17) is 11.6 Å². The van der Waals surface area contributed by atoms with Gasteiger partial charge in [-0.05, 0) is 46.6 Å². The molecule has 0 radical (unpaired) electrons. The zero-order valence-corrected chi connectivity index (χ0v) is 15.7. The number of carbonyl (C=O) groups is 1. The Labute approximate surface area is 169 Å². The highest BCUT2D eigenvalue weighted by molar-refractivity contribution is 6.63. The number of hydrogen-bond acceptors (Lipinski definition) is 2. The molecule has 0 saturated carbocycles. The van der Waals surface area contributed by atoms with E-state index < -0.39 is 17.0 Å². The Kier molecular flexibility index (Phi) is 4.88. The zero-order chi connectivity index (χ0) is 20.6. The Hall–Kier alpha value is -3.12. The van der Waals surface area contributed by atoms with Gasteiger partial charge >= 0.3 is 6.18 Å². The molecule has 0 saturated heterocycles. The molecule has 0 unspecified atom stereocenters. The normalized spacial score (nSPS) is 11.7. The highest BCUT2D eigenvalue weighted by Crippen LogP contribution is 2.32. The van der Waals surface area contributed by atoms with Crippen LogP contribution in [-0.4, -0.2) is 15.0 Å². The number of alkyl halides is 3. The summed E-state index contributed by atoms with van der Waals surface area (Å²) >= 11 is 5.58. The first-order valence-corrected chi connectivity index (χ1v) is 9.13. The fourth-order valence-electron chi connectivity index (χ4n) is 3.23. The average molecular weight is 415 g/mol. The van der Waals surface area contributed by atoms with Crippen molar-refractivity contribution in [3.63, 3.8) is 0 Å². The fraction of sp³-hybridized carbons (Fsp3) is 0.0909.